The molecule has 0 aliphatic rings. The van der Waals surface area contributed by atoms with E-state index in [-0.39, 0.29) is 5.89 Å². The number of oxazole rings is 1. The van der Waals surface area contributed by atoms with Gasteiger partial charge in [0.05, 0.1) is 0 Å². The first-order chi connectivity index (χ1) is 6.16. The van der Waals surface area contributed by atoms with Crippen LogP contribution in [0.5, 0.6) is 0 Å². The third-order valence-corrected chi connectivity index (χ3v) is 1.60. The predicted octanol–water partition coefficient (Wildman–Crippen LogP) is 1.11. The molecule has 0 amide bonds. The third-order valence-electron chi connectivity index (χ3n) is 1.60. The molecule has 1 aromatic heterocycles. The van der Waals surface area contributed by atoms with Crippen LogP contribution >= 0.6 is 0 Å². The average Bonchev–Trinajstić information content (AvgIpc) is 2.46. The number of nitrogen functional groups attached to an aromatic ring is 1. The van der Waals surface area contributed by atoms with Crippen LogP contribution in [0.25, 0.3) is 11.1 Å². The number of carboxylic acids is 1. The molecule has 2 aromatic rings. The zero-order chi connectivity index (χ0) is 9.42. The maximum Gasteiger partial charge on any atom is 0.392 e. The van der Waals surface area contributed by atoms with Crippen LogP contribution in [0, 0.1) is 0 Å². The number of hydrogen-bond acceptors (Lipinski definition) is 4. The Kier molecular flexibility index (Phi) is 1.45. The fourth-order valence-electron chi connectivity index (χ4n) is 1.03. The van der Waals surface area contributed by atoms with Crippen LogP contribution < -0.4 is 5.73 Å². The van der Waals surface area contributed by atoms with Crippen molar-refractivity contribution in [2.45, 2.75) is 0 Å². The van der Waals surface area contributed by atoms with E-state index in [1.165, 1.54) is 6.07 Å². The Labute approximate surface area is 72.8 Å². The van der Waals surface area contributed by atoms with Crippen LogP contribution in [-0.2, 0) is 0 Å². The van der Waals surface area contributed by atoms with Gasteiger partial charge in [-0.2, -0.15) is 0 Å². The summed E-state index contributed by atoms with van der Waals surface area (Å²) in [5.41, 5.74) is 6.87. The standard InChI is InChI=1S/C8H6N2O3/c9-4-1-2-5-6(3-4)13-7(10-5)8(11)12/h1-3H,9H2,(H,11,12). The van der Waals surface area contributed by atoms with E-state index in [0.717, 1.165) is 0 Å². The molecule has 0 unspecified atom stereocenters. The lowest BCUT2D eigenvalue weighted by Crippen LogP contribution is -1.94. The van der Waals surface area contributed by atoms with Gasteiger partial charge in [0, 0.05) is 11.8 Å². The van der Waals surface area contributed by atoms with E-state index in [2.05, 4.69) is 4.98 Å². The predicted molar refractivity (Wildman–Crippen MR) is 45.4 cm³/mol. The molecule has 0 aliphatic carbocycles. The van der Waals surface area contributed by atoms with Gasteiger partial charge in [-0.15, -0.1) is 0 Å². The highest BCUT2D eigenvalue weighted by Gasteiger charge is 2.11. The summed E-state index contributed by atoms with van der Waals surface area (Å²) in [5, 5.41) is 8.57. The Bertz CT molecular complexity index is 475. The number of nitrogens with zero attached hydrogens (tertiary/aromatic N) is 1. The van der Waals surface area contributed by atoms with Gasteiger partial charge in [-0.3, -0.25) is 0 Å². The molecule has 1 heterocycles. The molecule has 1 aromatic carbocycles. The highest BCUT2D eigenvalue weighted by atomic mass is 16.4. The van der Waals surface area contributed by atoms with Gasteiger partial charge in [-0.05, 0) is 12.1 Å². The lowest BCUT2D eigenvalue weighted by atomic mass is 10.3. The minimum Gasteiger partial charge on any atom is -0.474 e. The van der Waals surface area contributed by atoms with Crippen LogP contribution in [0.4, 0.5) is 5.69 Å². The van der Waals surface area contributed by atoms with Crippen molar-refractivity contribution in [3.05, 3.63) is 24.1 Å². The first kappa shape index (κ1) is 7.60. The average molecular weight is 178 g/mol. The molecule has 0 radical (unpaired) electrons. The topological polar surface area (TPSA) is 89.3 Å². The number of nitrogens with two attached hydrogens (primary N) is 1. The van der Waals surface area contributed by atoms with Crippen molar-refractivity contribution in [3.8, 4) is 0 Å². The van der Waals surface area contributed by atoms with Gasteiger partial charge >= 0.3 is 11.9 Å². The van der Waals surface area contributed by atoms with Crippen molar-refractivity contribution in [2.24, 2.45) is 0 Å². The molecule has 3 N–H and O–H groups in total. The van der Waals surface area contributed by atoms with Gasteiger partial charge in [0.2, 0.25) is 0 Å². The molecule has 13 heavy (non-hydrogen) atoms. The molecule has 0 fully saturated rings. The van der Waals surface area contributed by atoms with Crippen molar-refractivity contribution in [2.75, 3.05) is 5.73 Å². The Hall–Kier alpha value is -2.04. The Balaban J connectivity index is 2.68. The SMILES string of the molecule is Nc1ccc2nc(C(=O)O)oc2c1. The monoisotopic (exact) mass is 178 g/mol. The summed E-state index contributed by atoms with van der Waals surface area (Å²) in [6.45, 7) is 0. The van der Waals surface area contributed by atoms with Gasteiger partial charge in [-0.25, -0.2) is 9.78 Å². The highest BCUT2D eigenvalue weighted by molar-refractivity contribution is 5.87. The third kappa shape index (κ3) is 1.20. The smallest absolute Gasteiger partial charge is 0.392 e. The van der Waals surface area contributed by atoms with Crippen molar-refractivity contribution in [1.82, 2.24) is 4.98 Å². The fourth-order valence-corrected chi connectivity index (χ4v) is 1.03. The molecule has 0 aliphatic heterocycles. The Morgan fingerprint density at radius 3 is 3.00 bits per heavy atom. The second kappa shape index (κ2) is 2.48. The van der Waals surface area contributed by atoms with Crippen molar-refractivity contribution >= 4 is 22.8 Å². The maximum atomic E-state index is 10.5. The van der Waals surface area contributed by atoms with Crippen LogP contribution in [0.3, 0.4) is 0 Å². The summed E-state index contributed by atoms with van der Waals surface area (Å²) >= 11 is 0. The number of aromatic nitrogens is 1. The summed E-state index contributed by atoms with van der Waals surface area (Å²) < 4.78 is 4.92. The van der Waals surface area contributed by atoms with E-state index >= 15 is 0 Å². The number of benzene rings is 1. The largest absolute Gasteiger partial charge is 0.474 e. The van der Waals surface area contributed by atoms with E-state index in [0.29, 0.717) is 16.8 Å². The second-order valence-corrected chi connectivity index (χ2v) is 2.55. The van der Waals surface area contributed by atoms with Crippen molar-refractivity contribution in [1.29, 1.82) is 0 Å². The van der Waals surface area contributed by atoms with Gasteiger partial charge in [0.1, 0.15) is 5.52 Å². The number of hydrogen-bond donors (Lipinski definition) is 2. The fraction of sp³-hybridized carbons (Fsp3) is 0. The molecule has 0 spiro atoms. The first-order valence-electron chi connectivity index (χ1n) is 3.56. The van der Waals surface area contributed by atoms with Gasteiger partial charge in [0.25, 0.3) is 0 Å². The zero-order valence-electron chi connectivity index (χ0n) is 6.52. The molecule has 0 saturated carbocycles. The number of rotatable bonds is 1. The van der Waals surface area contributed by atoms with Crippen LogP contribution in [0.2, 0.25) is 0 Å². The minimum absolute atomic E-state index is 0.319. The Morgan fingerprint density at radius 2 is 2.31 bits per heavy atom. The number of carboxylic acid groups (broad SMARTS) is 1. The summed E-state index contributed by atoms with van der Waals surface area (Å²) in [7, 11) is 0. The van der Waals surface area contributed by atoms with Crippen molar-refractivity contribution < 1.29 is 14.3 Å². The molecule has 0 saturated heterocycles. The zero-order valence-corrected chi connectivity index (χ0v) is 6.52. The maximum absolute atomic E-state index is 10.5. The molecule has 2 rings (SSSR count). The van der Waals surface area contributed by atoms with Crippen LogP contribution in [-0.4, -0.2) is 16.1 Å². The van der Waals surface area contributed by atoms with E-state index in [1.807, 2.05) is 0 Å². The summed E-state index contributed by atoms with van der Waals surface area (Å²) in [4.78, 5) is 14.2. The minimum atomic E-state index is -1.19. The normalized spacial score (nSPS) is 10.5. The first-order valence-corrected chi connectivity index (χ1v) is 3.56. The van der Waals surface area contributed by atoms with Gasteiger partial charge < -0.3 is 15.3 Å². The number of fused-ring (bicyclic) bond motifs is 1. The summed E-state index contributed by atoms with van der Waals surface area (Å²) in [6.07, 6.45) is 0. The quantitative estimate of drug-likeness (QED) is 0.638. The van der Waals surface area contributed by atoms with Crippen LogP contribution in [0.15, 0.2) is 22.6 Å². The summed E-state index contributed by atoms with van der Waals surface area (Å²) in [5.74, 6) is -1.50. The number of aromatic carboxylic acids is 1. The van der Waals surface area contributed by atoms with Gasteiger partial charge in [-0.1, -0.05) is 0 Å². The lowest BCUT2D eigenvalue weighted by molar-refractivity contribution is 0.0656. The molecular formula is C8H6N2O3. The highest BCUT2D eigenvalue weighted by Crippen LogP contribution is 2.17. The molecule has 0 bridgehead atoms. The summed E-state index contributed by atoms with van der Waals surface area (Å²) in [6, 6.07) is 4.78. The molecule has 66 valence electrons. The van der Waals surface area contributed by atoms with Crippen molar-refractivity contribution in [3.63, 3.8) is 0 Å². The van der Waals surface area contributed by atoms with E-state index in [9.17, 15) is 4.79 Å². The van der Waals surface area contributed by atoms with Gasteiger partial charge in [0.15, 0.2) is 5.58 Å². The van der Waals surface area contributed by atoms with E-state index in [1.54, 1.807) is 12.1 Å². The number of carbonyl (C=O) groups is 1. The lowest BCUT2D eigenvalue weighted by Gasteiger charge is -1.88. The molecular weight excluding hydrogens is 172 g/mol. The molecule has 5 nitrogen and oxygen atoms in total. The number of anilines is 1. The van der Waals surface area contributed by atoms with Crippen LogP contribution in [0.1, 0.15) is 10.7 Å². The molecule has 5 heteroatoms. The second-order valence-electron chi connectivity index (χ2n) is 2.55. The van der Waals surface area contributed by atoms with E-state index < -0.39 is 5.97 Å². The Morgan fingerprint density at radius 1 is 1.54 bits per heavy atom. The molecule has 0 atom stereocenters. The van der Waals surface area contributed by atoms with E-state index in [4.69, 9.17) is 15.3 Å².